The van der Waals surface area contributed by atoms with E-state index in [-0.39, 0.29) is 10.2 Å². The van der Waals surface area contributed by atoms with Gasteiger partial charge in [-0.25, -0.2) is 4.98 Å². The van der Waals surface area contributed by atoms with Gasteiger partial charge in [0, 0.05) is 26.0 Å². The molecule has 1 aromatic heterocycles. The van der Waals surface area contributed by atoms with Gasteiger partial charge >= 0.3 is 6.36 Å². The highest BCUT2D eigenvalue weighted by molar-refractivity contribution is 9.10. The third-order valence-corrected chi connectivity index (χ3v) is 3.37. The Morgan fingerprint density at radius 2 is 2.10 bits per heavy atom. The van der Waals surface area contributed by atoms with Crippen molar-refractivity contribution in [2.45, 2.75) is 19.5 Å². The SMILES string of the molecule is Cn1ccnc1CNCc1ccc(OC(F)(F)F)c(Br)c1. The number of nitrogens with one attached hydrogen (secondary N) is 1. The summed E-state index contributed by atoms with van der Waals surface area (Å²) in [6.07, 6.45) is -1.14. The first-order chi connectivity index (χ1) is 9.85. The fourth-order valence-electron chi connectivity index (χ4n) is 1.75. The number of aromatic nitrogens is 2. The molecule has 4 nitrogen and oxygen atoms in total. The normalized spacial score (nSPS) is 11.7. The molecule has 0 aliphatic carbocycles. The highest BCUT2D eigenvalue weighted by atomic mass is 79.9. The minimum Gasteiger partial charge on any atom is -0.405 e. The lowest BCUT2D eigenvalue weighted by molar-refractivity contribution is -0.274. The molecule has 1 heterocycles. The van der Waals surface area contributed by atoms with E-state index in [9.17, 15) is 13.2 Å². The minimum atomic E-state index is -4.69. The van der Waals surface area contributed by atoms with E-state index in [1.807, 2.05) is 17.8 Å². The van der Waals surface area contributed by atoms with E-state index in [2.05, 4.69) is 31.0 Å². The van der Waals surface area contributed by atoms with E-state index in [1.165, 1.54) is 6.07 Å². The number of aryl methyl sites for hydroxylation is 1. The number of hydrogen-bond acceptors (Lipinski definition) is 3. The fraction of sp³-hybridized carbons (Fsp3) is 0.308. The molecule has 0 fully saturated rings. The Morgan fingerprint density at radius 3 is 2.67 bits per heavy atom. The monoisotopic (exact) mass is 363 g/mol. The molecule has 0 atom stereocenters. The van der Waals surface area contributed by atoms with Gasteiger partial charge < -0.3 is 14.6 Å². The van der Waals surface area contributed by atoms with E-state index in [0.29, 0.717) is 13.1 Å². The Labute approximate surface area is 128 Å². The summed E-state index contributed by atoms with van der Waals surface area (Å²) in [7, 11) is 1.89. The molecule has 2 rings (SSSR count). The molecule has 114 valence electrons. The van der Waals surface area contributed by atoms with Crippen molar-refractivity contribution in [2.24, 2.45) is 7.05 Å². The maximum atomic E-state index is 12.2. The van der Waals surface area contributed by atoms with Crippen LogP contribution in [0.3, 0.4) is 0 Å². The van der Waals surface area contributed by atoms with Crippen LogP contribution in [-0.2, 0) is 20.1 Å². The molecule has 0 bridgehead atoms. The van der Waals surface area contributed by atoms with Crippen molar-refractivity contribution in [3.63, 3.8) is 0 Å². The number of hydrogen-bond donors (Lipinski definition) is 1. The molecule has 1 aromatic carbocycles. The summed E-state index contributed by atoms with van der Waals surface area (Å²) in [5, 5.41) is 3.17. The summed E-state index contributed by atoms with van der Waals surface area (Å²) in [5.41, 5.74) is 0.839. The van der Waals surface area contributed by atoms with Crippen LogP contribution >= 0.6 is 15.9 Å². The van der Waals surface area contributed by atoms with Gasteiger partial charge in [0.15, 0.2) is 0 Å². The summed E-state index contributed by atoms with van der Waals surface area (Å²) >= 11 is 3.07. The molecule has 0 radical (unpaired) electrons. The zero-order valence-corrected chi connectivity index (χ0v) is 12.7. The number of alkyl halides is 3. The van der Waals surface area contributed by atoms with Crippen LogP contribution in [0.1, 0.15) is 11.4 Å². The van der Waals surface area contributed by atoms with Gasteiger partial charge in [0.2, 0.25) is 0 Å². The maximum Gasteiger partial charge on any atom is 0.573 e. The Hall–Kier alpha value is -1.54. The first kappa shape index (κ1) is 15.8. The second-order valence-corrected chi connectivity index (χ2v) is 5.22. The van der Waals surface area contributed by atoms with Crippen LogP contribution in [0.25, 0.3) is 0 Å². The van der Waals surface area contributed by atoms with Crippen LogP contribution in [0.4, 0.5) is 13.2 Å². The smallest absolute Gasteiger partial charge is 0.405 e. The minimum absolute atomic E-state index is 0.254. The molecule has 0 saturated carbocycles. The van der Waals surface area contributed by atoms with Crippen LogP contribution in [0.2, 0.25) is 0 Å². The van der Waals surface area contributed by atoms with Crippen molar-refractivity contribution in [3.05, 3.63) is 46.5 Å². The van der Waals surface area contributed by atoms with E-state index in [0.717, 1.165) is 11.4 Å². The van der Waals surface area contributed by atoms with Gasteiger partial charge in [-0.3, -0.25) is 0 Å². The van der Waals surface area contributed by atoms with E-state index in [1.54, 1.807) is 18.3 Å². The molecular weight excluding hydrogens is 351 g/mol. The second-order valence-electron chi connectivity index (χ2n) is 4.37. The molecular formula is C13H13BrF3N3O. The van der Waals surface area contributed by atoms with E-state index < -0.39 is 6.36 Å². The topological polar surface area (TPSA) is 39.1 Å². The van der Waals surface area contributed by atoms with Crippen LogP contribution < -0.4 is 10.1 Å². The van der Waals surface area contributed by atoms with E-state index >= 15 is 0 Å². The number of nitrogens with zero attached hydrogens (tertiary/aromatic N) is 2. The van der Waals surface area contributed by atoms with Gasteiger partial charge in [-0.15, -0.1) is 13.2 Å². The fourth-order valence-corrected chi connectivity index (χ4v) is 2.25. The molecule has 0 spiro atoms. The average Bonchev–Trinajstić information content (AvgIpc) is 2.77. The highest BCUT2D eigenvalue weighted by Crippen LogP contribution is 2.31. The third-order valence-electron chi connectivity index (χ3n) is 2.76. The van der Waals surface area contributed by atoms with Crippen LogP contribution in [0.5, 0.6) is 5.75 Å². The van der Waals surface area contributed by atoms with Crippen molar-refractivity contribution >= 4 is 15.9 Å². The zero-order valence-electron chi connectivity index (χ0n) is 11.1. The molecule has 0 aliphatic heterocycles. The summed E-state index contributed by atoms with van der Waals surface area (Å²) in [4.78, 5) is 4.17. The van der Waals surface area contributed by atoms with Gasteiger partial charge in [-0.2, -0.15) is 0 Å². The molecule has 0 amide bonds. The molecule has 1 N–H and O–H groups in total. The van der Waals surface area contributed by atoms with Crippen molar-refractivity contribution in [3.8, 4) is 5.75 Å². The summed E-state index contributed by atoms with van der Waals surface area (Å²) in [5.74, 6) is 0.626. The number of benzene rings is 1. The Balaban J connectivity index is 1.93. The molecule has 0 saturated heterocycles. The molecule has 21 heavy (non-hydrogen) atoms. The summed E-state index contributed by atoms with van der Waals surface area (Å²) in [6, 6.07) is 4.46. The number of halogens is 4. The van der Waals surface area contributed by atoms with Gasteiger partial charge in [-0.1, -0.05) is 6.07 Å². The van der Waals surface area contributed by atoms with Gasteiger partial charge in [0.05, 0.1) is 11.0 Å². The lowest BCUT2D eigenvalue weighted by Crippen LogP contribution is -2.18. The predicted molar refractivity (Wildman–Crippen MR) is 74.6 cm³/mol. The molecule has 0 aliphatic rings. The Morgan fingerprint density at radius 1 is 1.33 bits per heavy atom. The standard InChI is InChI=1S/C13H13BrF3N3O/c1-20-5-4-19-12(20)8-18-7-9-2-3-11(10(14)6-9)21-13(15,16)17/h2-6,18H,7-8H2,1H3. The van der Waals surface area contributed by atoms with Crippen molar-refractivity contribution in [2.75, 3.05) is 0 Å². The van der Waals surface area contributed by atoms with Crippen LogP contribution in [-0.4, -0.2) is 15.9 Å². The number of ether oxygens (including phenoxy) is 1. The Kier molecular flexibility index (Phi) is 4.89. The molecule has 2 aromatic rings. The first-order valence-electron chi connectivity index (χ1n) is 6.06. The quantitative estimate of drug-likeness (QED) is 0.884. The predicted octanol–water partition coefficient (Wildman–Crippen LogP) is 3.37. The lowest BCUT2D eigenvalue weighted by atomic mass is 10.2. The third kappa shape index (κ3) is 4.75. The highest BCUT2D eigenvalue weighted by Gasteiger charge is 2.31. The van der Waals surface area contributed by atoms with Crippen molar-refractivity contribution in [1.29, 1.82) is 0 Å². The van der Waals surface area contributed by atoms with Gasteiger partial charge in [0.1, 0.15) is 11.6 Å². The maximum absolute atomic E-state index is 12.2. The zero-order chi connectivity index (χ0) is 15.5. The second kappa shape index (κ2) is 6.48. The van der Waals surface area contributed by atoms with Crippen molar-refractivity contribution < 1.29 is 17.9 Å². The lowest BCUT2D eigenvalue weighted by Gasteiger charge is -2.12. The molecule has 8 heteroatoms. The number of rotatable bonds is 5. The van der Waals surface area contributed by atoms with Crippen molar-refractivity contribution in [1.82, 2.24) is 14.9 Å². The van der Waals surface area contributed by atoms with Gasteiger partial charge in [0.25, 0.3) is 0 Å². The largest absolute Gasteiger partial charge is 0.573 e. The van der Waals surface area contributed by atoms with Crippen LogP contribution in [0, 0.1) is 0 Å². The van der Waals surface area contributed by atoms with Crippen LogP contribution in [0.15, 0.2) is 35.1 Å². The summed E-state index contributed by atoms with van der Waals surface area (Å²) < 4.78 is 42.5. The Bertz CT molecular complexity index is 613. The summed E-state index contributed by atoms with van der Waals surface area (Å²) in [6.45, 7) is 1.08. The van der Waals surface area contributed by atoms with Gasteiger partial charge in [-0.05, 0) is 33.6 Å². The average molecular weight is 364 g/mol. The number of imidazole rings is 1. The first-order valence-corrected chi connectivity index (χ1v) is 6.85. The molecule has 0 unspecified atom stereocenters. The van der Waals surface area contributed by atoms with E-state index in [4.69, 9.17) is 0 Å².